The van der Waals surface area contributed by atoms with Gasteiger partial charge in [0.1, 0.15) is 23.7 Å². The van der Waals surface area contributed by atoms with E-state index in [0.29, 0.717) is 29.1 Å². The fraction of sp³-hybridized carbons (Fsp3) is 0.214. The molecule has 0 aliphatic carbocycles. The van der Waals surface area contributed by atoms with Crippen LogP contribution in [-0.2, 0) is 11.4 Å². The van der Waals surface area contributed by atoms with Crippen molar-refractivity contribution in [2.45, 2.75) is 6.61 Å². The second kappa shape index (κ2) is 10.3. The molecule has 10 heteroatoms. The van der Waals surface area contributed by atoms with Crippen molar-refractivity contribution in [3.63, 3.8) is 0 Å². The summed E-state index contributed by atoms with van der Waals surface area (Å²) in [5.41, 5.74) is 1.81. The number of aromatic amines is 2. The van der Waals surface area contributed by atoms with Crippen molar-refractivity contribution in [1.82, 2.24) is 25.1 Å². The summed E-state index contributed by atoms with van der Waals surface area (Å²) in [6.07, 6.45) is 1.79. The van der Waals surface area contributed by atoms with Crippen LogP contribution in [0.1, 0.15) is 5.56 Å². The fourth-order valence-electron chi connectivity index (χ4n) is 4.78. The molecule has 1 aliphatic rings. The van der Waals surface area contributed by atoms with Crippen molar-refractivity contribution in [2.75, 3.05) is 42.9 Å². The van der Waals surface area contributed by atoms with Crippen LogP contribution in [0.5, 0.6) is 5.75 Å². The first-order chi connectivity index (χ1) is 18.6. The molecular weight excluding hydrogens is 482 g/mol. The van der Waals surface area contributed by atoms with E-state index in [9.17, 15) is 9.59 Å². The standard InChI is InChI=1S/C28H27N7O3/c36-24(17-34-12-14-35(15-13-34)23-8-4-5-11-29-23)31-27-25-21-16-20(38-18-19-6-2-1-3-7-19)9-10-22(21)30-26(25)28(37)33-32-27/h1-11,16,30H,12-15,17-18H2,(H,33,37)(H,31,32,36). The second-order valence-electron chi connectivity index (χ2n) is 9.26. The monoisotopic (exact) mass is 509 g/mol. The Bertz CT molecular complexity index is 1620. The highest BCUT2D eigenvalue weighted by atomic mass is 16.5. The molecule has 3 N–H and O–H groups in total. The number of pyridine rings is 1. The van der Waals surface area contributed by atoms with Crippen molar-refractivity contribution >= 4 is 39.3 Å². The number of hydrogen-bond donors (Lipinski definition) is 3. The maximum atomic E-state index is 13.0. The van der Waals surface area contributed by atoms with Crippen molar-refractivity contribution in [3.8, 4) is 5.75 Å². The lowest BCUT2D eigenvalue weighted by Crippen LogP contribution is -2.49. The molecule has 1 fully saturated rings. The van der Waals surface area contributed by atoms with Gasteiger partial charge in [0.05, 0.1) is 11.9 Å². The predicted octanol–water partition coefficient (Wildman–Crippen LogP) is 3.14. The number of H-pyrrole nitrogens is 2. The summed E-state index contributed by atoms with van der Waals surface area (Å²) < 4.78 is 5.99. The number of hydrogen-bond acceptors (Lipinski definition) is 7. The lowest BCUT2D eigenvalue weighted by atomic mass is 10.2. The van der Waals surface area contributed by atoms with E-state index in [4.69, 9.17) is 4.74 Å². The molecule has 6 rings (SSSR count). The Morgan fingerprint density at radius 3 is 2.61 bits per heavy atom. The smallest absolute Gasteiger partial charge is 0.288 e. The van der Waals surface area contributed by atoms with E-state index in [-0.39, 0.29) is 18.0 Å². The van der Waals surface area contributed by atoms with Crippen LogP contribution in [0.25, 0.3) is 21.8 Å². The number of ether oxygens (including phenoxy) is 1. The van der Waals surface area contributed by atoms with Crippen LogP contribution in [-0.4, -0.2) is 63.7 Å². The summed E-state index contributed by atoms with van der Waals surface area (Å²) in [7, 11) is 0. The van der Waals surface area contributed by atoms with Crippen LogP contribution < -0.4 is 20.5 Å². The van der Waals surface area contributed by atoms with Gasteiger partial charge < -0.3 is 19.9 Å². The lowest BCUT2D eigenvalue weighted by Gasteiger charge is -2.34. The molecule has 38 heavy (non-hydrogen) atoms. The van der Waals surface area contributed by atoms with Gasteiger partial charge in [-0.25, -0.2) is 10.1 Å². The van der Waals surface area contributed by atoms with Crippen molar-refractivity contribution < 1.29 is 9.53 Å². The molecule has 2 aromatic carbocycles. The summed E-state index contributed by atoms with van der Waals surface area (Å²) >= 11 is 0. The number of carbonyl (C=O) groups excluding carboxylic acids is 1. The number of benzene rings is 2. The zero-order valence-corrected chi connectivity index (χ0v) is 20.7. The Morgan fingerprint density at radius 2 is 1.82 bits per heavy atom. The molecule has 4 heterocycles. The second-order valence-corrected chi connectivity index (χ2v) is 9.26. The van der Waals surface area contributed by atoms with Crippen LogP contribution in [0.3, 0.4) is 0 Å². The number of nitrogens with one attached hydrogen (secondary N) is 3. The minimum Gasteiger partial charge on any atom is -0.489 e. The fourth-order valence-corrected chi connectivity index (χ4v) is 4.78. The van der Waals surface area contributed by atoms with Crippen LogP contribution in [0, 0.1) is 0 Å². The normalized spacial score (nSPS) is 14.2. The summed E-state index contributed by atoms with van der Waals surface area (Å²) in [5, 5.41) is 10.9. The number of rotatable bonds is 7. The molecule has 192 valence electrons. The molecule has 1 aliphatic heterocycles. The van der Waals surface area contributed by atoms with Gasteiger partial charge in [0.15, 0.2) is 5.82 Å². The molecule has 0 saturated carbocycles. The van der Waals surface area contributed by atoms with E-state index in [2.05, 4.69) is 35.3 Å². The molecule has 0 spiro atoms. The summed E-state index contributed by atoms with van der Waals surface area (Å²) in [6, 6.07) is 21.3. The minimum atomic E-state index is -0.355. The highest BCUT2D eigenvalue weighted by Crippen LogP contribution is 2.31. The SMILES string of the molecule is O=C(CN1CCN(c2ccccn2)CC1)Nc1n[nH]c(=O)c2[nH]c3ccc(OCc4ccccc4)cc3c12. The average Bonchev–Trinajstić information content (AvgIpc) is 3.35. The van der Waals surface area contributed by atoms with Crippen LogP contribution >= 0.6 is 0 Å². The number of amides is 1. The van der Waals surface area contributed by atoms with Crippen molar-refractivity contribution in [3.05, 3.63) is 88.8 Å². The third-order valence-corrected chi connectivity index (χ3v) is 6.72. The molecule has 1 amide bonds. The van der Waals surface area contributed by atoms with Gasteiger partial charge >= 0.3 is 0 Å². The maximum absolute atomic E-state index is 13.0. The largest absolute Gasteiger partial charge is 0.489 e. The van der Waals surface area contributed by atoms with E-state index in [1.54, 1.807) is 6.20 Å². The van der Waals surface area contributed by atoms with E-state index in [1.165, 1.54) is 0 Å². The van der Waals surface area contributed by atoms with Gasteiger partial charge in [-0.1, -0.05) is 36.4 Å². The third-order valence-electron chi connectivity index (χ3n) is 6.72. The Labute approximate surface area is 218 Å². The minimum absolute atomic E-state index is 0.192. The van der Waals surface area contributed by atoms with Gasteiger partial charge in [-0.2, -0.15) is 5.10 Å². The Balaban J connectivity index is 1.18. The predicted molar refractivity (Wildman–Crippen MR) is 147 cm³/mol. The quantitative estimate of drug-likeness (QED) is 0.308. The van der Waals surface area contributed by atoms with E-state index in [0.717, 1.165) is 48.5 Å². The van der Waals surface area contributed by atoms with Crippen LogP contribution in [0.15, 0.2) is 77.7 Å². The van der Waals surface area contributed by atoms with Crippen LogP contribution in [0.2, 0.25) is 0 Å². The molecule has 3 aromatic heterocycles. The third kappa shape index (κ3) is 4.94. The van der Waals surface area contributed by atoms with Crippen molar-refractivity contribution in [2.24, 2.45) is 0 Å². The number of fused-ring (bicyclic) bond motifs is 3. The van der Waals surface area contributed by atoms with Gasteiger partial charge in [-0.05, 0) is 35.9 Å². The topological polar surface area (TPSA) is 119 Å². The van der Waals surface area contributed by atoms with E-state index < -0.39 is 0 Å². The number of aromatic nitrogens is 4. The maximum Gasteiger partial charge on any atom is 0.288 e. The highest BCUT2D eigenvalue weighted by molar-refractivity contribution is 6.14. The summed E-state index contributed by atoms with van der Waals surface area (Å²) in [5.74, 6) is 1.72. The number of anilines is 2. The first kappa shape index (κ1) is 23.7. The highest BCUT2D eigenvalue weighted by Gasteiger charge is 2.21. The Morgan fingerprint density at radius 1 is 1.00 bits per heavy atom. The summed E-state index contributed by atoms with van der Waals surface area (Å²) in [6.45, 7) is 3.72. The van der Waals surface area contributed by atoms with Gasteiger partial charge in [-0.3, -0.25) is 14.5 Å². The zero-order chi connectivity index (χ0) is 25.9. The number of piperazine rings is 1. The molecule has 1 saturated heterocycles. The van der Waals surface area contributed by atoms with Gasteiger partial charge in [0.2, 0.25) is 5.91 Å². The molecule has 0 atom stereocenters. The molecule has 5 aromatic rings. The molecule has 0 radical (unpaired) electrons. The van der Waals surface area contributed by atoms with Gasteiger partial charge in [-0.15, -0.1) is 0 Å². The van der Waals surface area contributed by atoms with E-state index in [1.807, 2.05) is 66.7 Å². The van der Waals surface area contributed by atoms with E-state index >= 15 is 0 Å². The number of carbonyl (C=O) groups is 1. The molecule has 0 unspecified atom stereocenters. The average molecular weight is 510 g/mol. The van der Waals surface area contributed by atoms with Gasteiger partial charge in [0, 0.05) is 43.3 Å². The molecular formula is C28H27N7O3. The lowest BCUT2D eigenvalue weighted by molar-refractivity contribution is -0.117. The van der Waals surface area contributed by atoms with Crippen LogP contribution in [0.4, 0.5) is 11.6 Å². The molecule has 10 nitrogen and oxygen atoms in total. The Kier molecular flexibility index (Phi) is 6.45. The summed E-state index contributed by atoms with van der Waals surface area (Å²) in [4.78, 5) is 37.4. The first-order valence-corrected chi connectivity index (χ1v) is 12.5. The first-order valence-electron chi connectivity index (χ1n) is 12.5. The zero-order valence-electron chi connectivity index (χ0n) is 20.7. The molecule has 0 bridgehead atoms. The Hall–Kier alpha value is -4.70. The van der Waals surface area contributed by atoms with Gasteiger partial charge in [0.25, 0.3) is 5.56 Å². The van der Waals surface area contributed by atoms with Crippen molar-refractivity contribution in [1.29, 1.82) is 0 Å². The number of nitrogens with zero attached hydrogens (tertiary/aromatic N) is 4.